The molecule has 6 rings (SSSR count). The molecule has 4 saturated carbocycles. The largest absolute Gasteiger partial charge is 0.314 e. The van der Waals surface area contributed by atoms with Crippen LogP contribution in [-0.4, -0.2) is 33.2 Å². The molecule has 2 saturated heterocycles. The van der Waals surface area contributed by atoms with E-state index in [-0.39, 0.29) is 0 Å². The van der Waals surface area contributed by atoms with E-state index in [1.165, 1.54) is 51.6 Å². The number of rotatable bonds is 2. The summed E-state index contributed by atoms with van der Waals surface area (Å²) in [6, 6.07) is 1.73. The zero-order chi connectivity index (χ0) is 21.3. The zero-order valence-corrected chi connectivity index (χ0v) is 21.9. The van der Waals surface area contributed by atoms with Crippen molar-refractivity contribution in [3.63, 3.8) is 0 Å². The van der Waals surface area contributed by atoms with Crippen molar-refractivity contribution in [2.75, 3.05) is 13.1 Å². The lowest BCUT2D eigenvalue weighted by Crippen LogP contribution is -2.52. The minimum atomic E-state index is -1.35. The van der Waals surface area contributed by atoms with Gasteiger partial charge in [0, 0.05) is 12.1 Å². The van der Waals surface area contributed by atoms with Gasteiger partial charge in [0.1, 0.15) is 0 Å². The fraction of sp³-hybridized carbons (Fsp3) is 1.00. The van der Waals surface area contributed by atoms with Gasteiger partial charge in [-0.25, -0.2) is 0 Å². The van der Waals surface area contributed by atoms with Crippen LogP contribution in [0, 0.1) is 47.3 Å². The molecule has 6 aliphatic rings. The van der Waals surface area contributed by atoms with E-state index in [0.717, 1.165) is 70.5 Å². The van der Waals surface area contributed by atoms with E-state index < -0.39 is 8.07 Å². The van der Waals surface area contributed by atoms with Crippen LogP contribution in [-0.2, 0) is 0 Å². The maximum atomic E-state index is 3.98. The molecule has 0 radical (unpaired) electrons. The summed E-state index contributed by atoms with van der Waals surface area (Å²) < 4.78 is 0. The Morgan fingerprint density at radius 2 is 1.03 bits per heavy atom. The van der Waals surface area contributed by atoms with Crippen LogP contribution in [0.5, 0.6) is 0 Å². The van der Waals surface area contributed by atoms with Gasteiger partial charge in [0.15, 0.2) is 0 Å². The molecule has 176 valence electrons. The molecule has 3 heteroatoms. The molecule has 31 heavy (non-hydrogen) atoms. The number of hydrogen-bond donors (Lipinski definition) is 2. The van der Waals surface area contributed by atoms with Crippen molar-refractivity contribution in [3.8, 4) is 0 Å². The first-order chi connectivity index (χ1) is 14.9. The molecule has 0 bridgehead atoms. The Morgan fingerprint density at radius 1 is 0.581 bits per heavy atom. The van der Waals surface area contributed by atoms with E-state index in [2.05, 4.69) is 37.6 Å². The van der Waals surface area contributed by atoms with Gasteiger partial charge >= 0.3 is 0 Å². The quantitative estimate of drug-likeness (QED) is 0.490. The van der Waals surface area contributed by atoms with Gasteiger partial charge in [-0.3, -0.25) is 0 Å². The lowest BCUT2D eigenvalue weighted by atomic mass is 9.70. The maximum absolute atomic E-state index is 3.98. The normalized spacial score (nSPS) is 54.6. The monoisotopic (exact) mass is 442 g/mol. The number of piperidine rings is 2. The molecule has 2 nitrogen and oxygen atoms in total. The van der Waals surface area contributed by atoms with Gasteiger partial charge in [-0.1, -0.05) is 26.9 Å². The lowest BCUT2D eigenvalue weighted by Gasteiger charge is -2.51. The van der Waals surface area contributed by atoms with Gasteiger partial charge in [0.2, 0.25) is 0 Å². The van der Waals surface area contributed by atoms with Crippen molar-refractivity contribution in [2.24, 2.45) is 47.3 Å². The number of fused-ring (bicyclic) bond motifs is 4. The second-order valence-corrected chi connectivity index (χ2v) is 19.0. The highest BCUT2D eigenvalue weighted by Gasteiger charge is 2.59. The predicted molar refractivity (Wildman–Crippen MR) is 134 cm³/mol. The summed E-state index contributed by atoms with van der Waals surface area (Å²) in [5.41, 5.74) is 2.18. The molecule has 0 spiro atoms. The highest BCUT2D eigenvalue weighted by Crippen LogP contribution is 2.65. The van der Waals surface area contributed by atoms with Gasteiger partial charge < -0.3 is 10.6 Å². The summed E-state index contributed by atoms with van der Waals surface area (Å²) >= 11 is 0. The third kappa shape index (κ3) is 3.54. The van der Waals surface area contributed by atoms with Gasteiger partial charge in [0.25, 0.3) is 0 Å². The highest BCUT2D eigenvalue weighted by atomic mass is 28.3. The average Bonchev–Trinajstić information content (AvgIpc) is 3.24. The van der Waals surface area contributed by atoms with Crippen molar-refractivity contribution in [1.29, 1.82) is 0 Å². The summed E-state index contributed by atoms with van der Waals surface area (Å²) in [4.78, 5) is 0. The Hall–Kier alpha value is 0.137. The molecule has 2 heterocycles. The van der Waals surface area contributed by atoms with Crippen LogP contribution in [0.15, 0.2) is 0 Å². The van der Waals surface area contributed by atoms with Crippen LogP contribution in [0.4, 0.5) is 0 Å². The molecular weight excluding hydrogens is 392 g/mol. The lowest BCUT2D eigenvalue weighted by molar-refractivity contribution is 0.121. The van der Waals surface area contributed by atoms with Crippen LogP contribution in [0.25, 0.3) is 0 Å². The molecule has 4 aliphatic carbocycles. The fourth-order valence-electron chi connectivity index (χ4n) is 11.6. The van der Waals surface area contributed by atoms with Crippen molar-refractivity contribution in [3.05, 3.63) is 0 Å². The average molecular weight is 443 g/mol. The molecule has 2 aliphatic heterocycles. The standard InChI is InChI=1S/C28H50N2Si/c1-17-11-21-13-19-7-5-9-29-25(19)15-23(21)27(17)31(3,4)28-18(2)12-22-14-20-8-6-10-30-26(20)16-24(22)28/h17-30H,5-16H2,1-4H3. The first-order valence-corrected chi connectivity index (χ1v) is 17.6. The zero-order valence-electron chi connectivity index (χ0n) is 20.9. The SMILES string of the molecule is CC1CC2CC3CCCNC3CC2C1[Si](C)(C)C1C(C)CC2CC3CCCNC3CC21. The molecule has 12 unspecified atom stereocenters. The maximum Gasteiger partial charge on any atom is 0.0546 e. The van der Waals surface area contributed by atoms with Gasteiger partial charge in [-0.2, -0.15) is 0 Å². The molecule has 2 N–H and O–H groups in total. The second-order valence-electron chi connectivity index (χ2n) is 14.0. The van der Waals surface area contributed by atoms with Crippen LogP contribution in [0.2, 0.25) is 24.2 Å². The van der Waals surface area contributed by atoms with Crippen LogP contribution >= 0.6 is 0 Å². The molecule has 0 amide bonds. The summed E-state index contributed by atoms with van der Waals surface area (Å²) in [6.07, 6.45) is 15.2. The smallest absolute Gasteiger partial charge is 0.0546 e. The Labute approximate surface area is 193 Å². The molecule has 12 atom stereocenters. The van der Waals surface area contributed by atoms with E-state index in [1.54, 1.807) is 25.7 Å². The molecule has 0 aromatic rings. The Bertz CT molecular complexity index is 609. The summed E-state index contributed by atoms with van der Waals surface area (Å²) in [7, 11) is -1.35. The summed E-state index contributed by atoms with van der Waals surface area (Å²) in [6.45, 7) is 13.7. The Kier molecular flexibility index (Phi) is 5.67. The van der Waals surface area contributed by atoms with Crippen molar-refractivity contribution >= 4 is 8.07 Å². The third-order valence-electron chi connectivity index (χ3n) is 12.1. The highest BCUT2D eigenvalue weighted by molar-refractivity contribution is 6.80. The van der Waals surface area contributed by atoms with E-state index in [0.29, 0.717) is 0 Å². The van der Waals surface area contributed by atoms with Gasteiger partial charge in [-0.15, -0.1) is 0 Å². The van der Waals surface area contributed by atoms with Crippen molar-refractivity contribution < 1.29 is 0 Å². The van der Waals surface area contributed by atoms with Crippen molar-refractivity contribution in [2.45, 2.75) is 114 Å². The number of nitrogens with one attached hydrogen (secondary N) is 2. The Balaban J connectivity index is 1.25. The van der Waals surface area contributed by atoms with E-state index >= 15 is 0 Å². The Morgan fingerprint density at radius 3 is 1.48 bits per heavy atom. The van der Waals surface area contributed by atoms with E-state index in [4.69, 9.17) is 0 Å². The second kappa shape index (κ2) is 8.12. The van der Waals surface area contributed by atoms with Crippen LogP contribution in [0.1, 0.15) is 78.1 Å². The predicted octanol–water partition coefficient (Wildman–Crippen LogP) is 6.30. The third-order valence-corrected chi connectivity index (χ3v) is 17.6. The van der Waals surface area contributed by atoms with Crippen LogP contribution < -0.4 is 10.6 Å². The summed E-state index contributed by atoms with van der Waals surface area (Å²) in [5.74, 6) is 8.24. The minimum absolute atomic E-state index is 0.864. The topological polar surface area (TPSA) is 24.1 Å². The first kappa shape index (κ1) is 21.7. The minimum Gasteiger partial charge on any atom is -0.314 e. The molecular formula is C28H50N2Si. The molecule has 0 aromatic heterocycles. The van der Waals surface area contributed by atoms with E-state index in [9.17, 15) is 0 Å². The van der Waals surface area contributed by atoms with Crippen molar-refractivity contribution in [1.82, 2.24) is 10.6 Å². The summed E-state index contributed by atoms with van der Waals surface area (Å²) in [5, 5.41) is 7.96. The first-order valence-electron chi connectivity index (χ1n) is 14.4. The van der Waals surface area contributed by atoms with Gasteiger partial charge in [-0.05, 0) is 136 Å². The molecule has 0 aromatic carbocycles. The van der Waals surface area contributed by atoms with E-state index in [1.807, 2.05) is 0 Å². The fourth-order valence-corrected chi connectivity index (χ4v) is 18.2. The van der Waals surface area contributed by atoms with Crippen LogP contribution in [0.3, 0.4) is 0 Å². The number of hydrogen-bond acceptors (Lipinski definition) is 2. The van der Waals surface area contributed by atoms with Gasteiger partial charge in [0.05, 0.1) is 8.07 Å². The molecule has 6 fully saturated rings.